The Morgan fingerprint density at radius 3 is 2.42 bits per heavy atom. The largest absolute Gasteiger partial charge is 0.484 e. The van der Waals surface area contributed by atoms with E-state index in [1.54, 1.807) is 29.0 Å². The molecule has 9 heteroatoms. The number of ether oxygens (including phenoxy) is 1. The Morgan fingerprint density at radius 1 is 1.08 bits per heavy atom. The molecule has 26 heavy (non-hydrogen) atoms. The predicted molar refractivity (Wildman–Crippen MR) is 91.1 cm³/mol. The summed E-state index contributed by atoms with van der Waals surface area (Å²) in [6.07, 6.45) is -4.26. The van der Waals surface area contributed by atoms with Crippen molar-refractivity contribution >= 4 is 23.2 Å². The van der Waals surface area contributed by atoms with Gasteiger partial charge in [0.15, 0.2) is 6.61 Å². The zero-order valence-corrected chi connectivity index (χ0v) is 14.5. The summed E-state index contributed by atoms with van der Waals surface area (Å²) in [6, 6.07) is 7.67. The van der Waals surface area contributed by atoms with Gasteiger partial charge in [-0.1, -0.05) is 12.1 Å². The first-order chi connectivity index (χ1) is 12.3. The van der Waals surface area contributed by atoms with Gasteiger partial charge in [-0.3, -0.25) is 9.59 Å². The molecular weight excluding hydrogens is 369 g/mol. The van der Waals surface area contributed by atoms with Gasteiger partial charge in [0, 0.05) is 30.5 Å². The van der Waals surface area contributed by atoms with E-state index in [1.807, 2.05) is 0 Å². The minimum atomic E-state index is -4.38. The van der Waals surface area contributed by atoms with E-state index in [2.05, 4.69) is 15.4 Å². The van der Waals surface area contributed by atoms with E-state index in [4.69, 9.17) is 0 Å². The third kappa shape index (κ3) is 7.14. The topological polar surface area (TPSA) is 67.4 Å². The van der Waals surface area contributed by atoms with Gasteiger partial charge in [-0.15, -0.1) is 0 Å². The second-order valence-electron chi connectivity index (χ2n) is 5.34. The average Bonchev–Trinajstić information content (AvgIpc) is 3.13. The highest BCUT2D eigenvalue weighted by molar-refractivity contribution is 7.08. The summed E-state index contributed by atoms with van der Waals surface area (Å²) in [6.45, 7) is -0.901. The van der Waals surface area contributed by atoms with Crippen molar-refractivity contribution in [1.29, 1.82) is 0 Å². The molecule has 0 bridgehead atoms. The van der Waals surface area contributed by atoms with Crippen molar-refractivity contribution in [2.75, 3.05) is 13.2 Å². The lowest BCUT2D eigenvalue weighted by atomic mass is 10.2. The molecule has 1 aromatic heterocycles. The summed E-state index contributed by atoms with van der Waals surface area (Å²) >= 11 is 1.41. The maximum atomic E-state index is 12.1. The molecule has 0 spiro atoms. The van der Waals surface area contributed by atoms with Gasteiger partial charge in [0.25, 0.3) is 5.91 Å². The van der Waals surface area contributed by atoms with Crippen molar-refractivity contribution < 1.29 is 27.5 Å². The number of halogens is 3. The first-order valence-electron chi connectivity index (χ1n) is 7.69. The van der Waals surface area contributed by atoms with Gasteiger partial charge in [-0.25, -0.2) is 0 Å². The molecule has 5 nitrogen and oxygen atoms in total. The average molecular weight is 386 g/mol. The number of nitrogens with one attached hydrogen (secondary N) is 2. The molecule has 0 saturated heterocycles. The molecule has 0 atom stereocenters. The standard InChI is InChI=1S/C17H17F3N2O3S/c18-17(19,20)11-25-14-3-1-12(2-4-14)9-22-15(23)5-7-21-16(24)13-6-8-26-10-13/h1-4,6,8,10H,5,7,9,11H2,(H,21,24)(H,22,23). The van der Waals surface area contributed by atoms with Crippen LogP contribution in [-0.4, -0.2) is 31.1 Å². The maximum Gasteiger partial charge on any atom is 0.422 e. The molecule has 1 heterocycles. The Kier molecular flexibility index (Phi) is 7.02. The SMILES string of the molecule is O=C(CCNC(=O)c1ccsc1)NCc1ccc(OCC(F)(F)F)cc1. The summed E-state index contributed by atoms with van der Waals surface area (Å²) in [5.74, 6) is -0.366. The summed E-state index contributed by atoms with van der Waals surface area (Å²) in [7, 11) is 0. The molecule has 2 amide bonds. The molecule has 1 aromatic carbocycles. The number of hydrogen-bond acceptors (Lipinski definition) is 4. The van der Waals surface area contributed by atoms with E-state index in [0.29, 0.717) is 5.56 Å². The molecule has 2 N–H and O–H groups in total. The number of hydrogen-bond donors (Lipinski definition) is 2. The van der Waals surface area contributed by atoms with Gasteiger partial charge in [0.1, 0.15) is 5.75 Å². The van der Waals surface area contributed by atoms with Gasteiger partial charge >= 0.3 is 6.18 Å². The van der Waals surface area contributed by atoms with Crippen LogP contribution >= 0.6 is 11.3 Å². The molecule has 140 valence electrons. The zero-order chi connectivity index (χ0) is 19.0. The number of alkyl halides is 3. The molecule has 2 rings (SSSR count). The normalized spacial score (nSPS) is 11.0. The van der Waals surface area contributed by atoms with Crippen molar-refractivity contribution in [1.82, 2.24) is 10.6 Å². The summed E-state index contributed by atoms with van der Waals surface area (Å²) < 4.78 is 40.8. The van der Waals surface area contributed by atoms with Crippen LogP contribution in [0.15, 0.2) is 41.1 Å². The van der Waals surface area contributed by atoms with E-state index in [-0.39, 0.29) is 37.1 Å². The highest BCUT2D eigenvalue weighted by Crippen LogP contribution is 2.18. The Balaban J connectivity index is 1.66. The molecular formula is C17H17F3N2O3S. The fraction of sp³-hybridized carbons (Fsp3) is 0.294. The Morgan fingerprint density at radius 2 is 1.81 bits per heavy atom. The second-order valence-corrected chi connectivity index (χ2v) is 6.12. The van der Waals surface area contributed by atoms with Crippen molar-refractivity contribution in [2.24, 2.45) is 0 Å². The fourth-order valence-electron chi connectivity index (χ4n) is 1.94. The molecule has 0 unspecified atom stereocenters. The van der Waals surface area contributed by atoms with Crippen molar-refractivity contribution in [3.8, 4) is 5.75 Å². The Hall–Kier alpha value is -2.55. The molecule has 0 aliphatic rings. The van der Waals surface area contributed by atoms with E-state index >= 15 is 0 Å². The van der Waals surface area contributed by atoms with E-state index in [1.165, 1.54) is 23.5 Å². The van der Waals surface area contributed by atoms with Crippen LogP contribution in [0.4, 0.5) is 13.2 Å². The lowest BCUT2D eigenvalue weighted by Crippen LogP contribution is -2.30. The quantitative estimate of drug-likeness (QED) is 0.733. The molecule has 0 radical (unpaired) electrons. The van der Waals surface area contributed by atoms with Crippen LogP contribution in [0.5, 0.6) is 5.75 Å². The van der Waals surface area contributed by atoms with Crippen LogP contribution in [0, 0.1) is 0 Å². The summed E-state index contributed by atoms with van der Waals surface area (Å²) in [5.41, 5.74) is 1.28. The van der Waals surface area contributed by atoms with Crippen LogP contribution in [-0.2, 0) is 11.3 Å². The number of rotatable bonds is 8. The second kappa shape index (κ2) is 9.23. The molecule has 0 saturated carbocycles. The monoisotopic (exact) mass is 386 g/mol. The first kappa shape index (κ1) is 19.8. The highest BCUT2D eigenvalue weighted by atomic mass is 32.1. The smallest absolute Gasteiger partial charge is 0.422 e. The van der Waals surface area contributed by atoms with Crippen molar-refractivity contribution in [2.45, 2.75) is 19.1 Å². The van der Waals surface area contributed by atoms with Gasteiger partial charge in [-0.05, 0) is 29.1 Å². The maximum absolute atomic E-state index is 12.1. The Bertz CT molecular complexity index is 716. The van der Waals surface area contributed by atoms with Gasteiger partial charge in [0.2, 0.25) is 5.91 Å². The van der Waals surface area contributed by atoms with Gasteiger partial charge in [-0.2, -0.15) is 24.5 Å². The minimum absolute atomic E-state index is 0.105. The molecule has 0 fully saturated rings. The molecule has 0 aliphatic carbocycles. The van der Waals surface area contributed by atoms with Crippen LogP contribution in [0.3, 0.4) is 0 Å². The third-order valence-electron chi connectivity index (χ3n) is 3.24. The van der Waals surface area contributed by atoms with Crippen LogP contribution in [0.1, 0.15) is 22.3 Å². The van der Waals surface area contributed by atoms with Gasteiger partial charge in [0.05, 0.1) is 0 Å². The minimum Gasteiger partial charge on any atom is -0.484 e. The van der Waals surface area contributed by atoms with Crippen LogP contribution < -0.4 is 15.4 Å². The number of thiophene rings is 1. The predicted octanol–water partition coefficient (Wildman–Crippen LogP) is 3.13. The Labute approximate surface area is 152 Å². The van der Waals surface area contributed by atoms with Crippen LogP contribution in [0.25, 0.3) is 0 Å². The summed E-state index contributed by atoms with van der Waals surface area (Å²) in [5, 5.41) is 8.83. The summed E-state index contributed by atoms with van der Waals surface area (Å²) in [4.78, 5) is 23.4. The number of amides is 2. The zero-order valence-electron chi connectivity index (χ0n) is 13.6. The lowest BCUT2D eigenvalue weighted by Gasteiger charge is -2.10. The third-order valence-corrected chi connectivity index (χ3v) is 3.92. The number of benzene rings is 1. The lowest BCUT2D eigenvalue weighted by molar-refractivity contribution is -0.153. The molecule has 0 aliphatic heterocycles. The van der Waals surface area contributed by atoms with Crippen molar-refractivity contribution in [3.63, 3.8) is 0 Å². The number of carbonyl (C=O) groups is 2. The molecule has 2 aromatic rings. The van der Waals surface area contributed by atoms with E-state index in [9.17, 15) is 22.8 Å². The van der Waals surface area contributed by atoms with Crippen molar-refractivity contribution in [3.05, 3.63) is 52.2 Å². The van der Waals surface area contributed by atoms with Gasteiger partial charge < -0.3 is 15.4 Å². The first-order valence-corrected chi connectivity index (χ1v) is 8.63. The number of carbonyl (C=O) groups excluding carboxylic acids is 2. The fourth-order valence-corrected chi connectivity index (χ4v) is 2.58. The van der Waals surface area contributed by atoms with E-state index < -0.39 is 12.8 Å². The highest BCUT2D eigenvalue weighted by Gasteiger charge is 2.28. The van der Waals surface area contributed by atoms with Crippen LogP contribution in [0.2, 0.25) is 0 Å². The van der Waals surface area contributed by atoms with E-state index in [0.717, 1.165) is 5.56 Å².